The fraction of sp³-hybridized carbons (Fsp3) is 0.556. The average molecular weight is 335 g/mol. The van der Waals surface area contributed by atoms with Crippen molar-refractivity contribution in [3.63, 3.8) is 0 Å². The highest BCUT2D eigenvalue weighted by molar-refractivity contribution is 5.89. The van der Waals surface area contributed by atoms with Crippen molar-refractivity contribution >= 4 is 17.6 Å². The zero-order valence-electron chi connectivity index (χ0n) is 15.3. The van der Waals surface area contributed by atoms with E-state index in [9.17, 15) is 9.59 Å². The highest BCUT2D eigenvalue weighted by atomic mass is 16.5. The molecule has 6 heteroatoms. The number of benzene rings is 1. The minimum atomic E-state index is -0.156. The van der Waals surface area contributed by atoms with Crippen molar-refractivity contribution in [2.75, 3.05) is 25.0 Å². The van der Waals surface area contributed by atoms with Crippen LogP contribution in [-0.2, 0) is 4.79 Å². The van der Waals surface area contributed by atoms with E-state index in [0.717, 1.165) is 0 Å². The molecule has 1 atom stereocenters. The van der Waals surface area contributed by atoms with Crippen LogP contribution in [0.15, 0.2) is 24.3 Å². The van der Waals surface area contributed by atoms with E-state index in [1.807, 2.05) is 25.7 Å². The number of nitrogens with one attached hydrogen (secondary N) is 2. The first-order valence-electron chi connectivity index (χ1n) is 8.46. The number of amides is 3. The van der Waals surface area contributed by atoms with Crippen LogP contribution in [0.5, 0.6) is 5.75 Å². The fourth-order valence-electron chi connectivity index (χ4n) is 2.20. The Kier molecular flexibility index (Phi) is 8.09. The Hall–Kier alpha value is -2.24. The first-order valence-corrected chi connectivity index (χ1v) is 8.46. The molecule has 0 aliphatic rings. The van der Waals surface area contributed by atoms with Crippen LogP contribution >= 0.6 is 0 Å². The molecule has 3 amide bonds. The molecule has 0 aliphatic carbocycles. The van der Waals surface area contributed by atoms with Crippen LogP contribution in [0.4, 0.5) is 10.5 Å². The zero-order valence-corrected chi connectivity index (χ0v) is 15.3. The number of rotatable bonds is 8. The molecule has 1 aromatic carbocycles. The molecule has 0 saturated carbocycles. The molecule has 2 N–H and O–H groups in total. The van der Waals surface area contributed by atoms with Crippen molar-refractivity contribution in [1.29, 1.82) is 0 Å². The SMILES string of the molecule is CCNC(=O)COc1ccc(NC(=O)N(CC)[C@H](C)C(C)C)cc1. The Bertz CT molecular complexity index is 529. The van der Waals surface area contributed by atoms with Crippen LogP contribution < -0.4 is 15.4 Å². The second kappa shape index (κ2) is 9.80. The summed E-state index contributed by atoms with van der Waals surface area (Å²) in [7, 11) is 0. The summed E-state index contributed by atoms with van der Waals surface area (Å²) in [4.78, 5) is 25.6. The molecule has 0 aromatic heterocycles. The van der Waals surface area contributed by atoms with Gasteiger partial charge in [0, 0.05) is 24.8 Å². The summed E-state index contributed by atoms with van der Waals surface area (Å²) in [6.07, 6.45) is 0. The second-order valence-electron chi connectivity index (χ2n) is 5.97. The van der Waals surface area contributed by atoms with Gasteiger partial charge in [0.15, 0.2) is 6.61 Å². The van der Waals surface area contributed by atoms with E-state index < -0.39 is 0 Å². The standard InChI is InChI=1S/C18H29N3O3/c1-6-19-17(22)12-24-16-10-8-15(9-11-16)20-18(23)21(7-2)14(5)13(3)4/h8-11,13-14H,6-7,12H2,1-5H3,(H,19,22)(H,20,23)/t14-/m1/s1. The molecule has 0 bridgehead atoms. The van der Waals surface area contributed by atoms with Gasteiger partial charge in [0.25, 0.3) is 5.91 Å². The largest absolute Gasteiger partial charge is 0.484 e. The summed E-state index contributed by atoms with van der Waals surface area (Å²) < 4.78 is 5.38. The fourth-order valence-corrected chi connectivity index (χ4v) is 2.20. The summed E-state index contributed by atoms with van der Waals surface area (Å²) in [5.41, 5.74) is 0.694. The van der Waals surface area contributed by atoms with Gasteiger partial charge in [0.05, 0.1) is 0 Å². The minimum Gasteiger partial charge on any atom is -0.484 e. The molecule has 6 nitrogen and oxygen atoms in total. The molecule has 0 heterocycles. The molecule has 1 aromatic rings. The van der Waals surface area contributed by atoms with Gasteiger partial charge in [0.2, 0.25) is 0 Å². The van der Waals surface area contributed by atoms with E-state index in [2.05, 4.69) is 24.5 Å². The van der Waals surface area contributed by atoms with Gasteiger partial charge in [0.1, 0.15) is 5.75 Å². The third kappa shape index (κ3) is 6.10. The van der Waals surface area contributed by atoms with Gasteiger partial charge in [-0.2, -0.15) is 0 Å². The lowest BCUT2D eigenvalue weighted by molar-refractivity contribution is -0.122. The summed E-state index contributed by atoms with van der Waals surface area (Å²) in [6.45, 7) is 11.3. The number of ether oxygens (including phenoxy) is 1. The van der Waals surface area contributed by atoms with E-state index >= 15 is 0 Å². The average Bonchev–Trinajstić information content (AvgIpc) is 2.55. The van der Waals surface area contributed by atoms with Crippen LogP contribution in [0.1, 0.15) is 34.6 Å². The van der Waals surface area contributed by atoms with Gasteiger partial charge >= 0.3 is 6.03 Å². The maximum Gasteiger partial charge on any atom is 0.322 e. The first-order chi connectivity index (χ1) is 11.4. The Labute approximate surface area is 144 Å². The quantitative estimate of drug-likeness (QED) is 0.767. The van der Waals surface area contributed by atoms with Crippen LogP contribution in [0.3, 0.4) is 0 Å². The van der Waals surface area contributed by atoms with Crippen molar-refractivity contribution in [1.82, 2.24) is 10.2 Å². The van der Waals surface area contributed by atoms with E-state index in [0.29, 0.717) is 30.4 Å². The molecule has 0 radical (unpaired) electrons. The summed E-state index contributed by atoms with van der Waals surface area (Å²) in [5.74, 6) is 0.819. The second-order valence-corrected chi connectivity index (χ2v) is 5.97. The van der Waals surface area contributed by atoms with Crippen LogP contribution in [0.2, 0.25) is 0 Å². The molecule has 0 spiro atoms. The highest BCUT2D eigenvalue weighted by Gasteiger charge is 2.20. The maximum atomic E-state index is 12.4. The van der Waals surface area contributed by atoms with Crippen molar-refractivity contribution < 1.29 is 14.3 Å². The Morgan fingerprint density at radius 3 is 2.25 bits per heavy atom. The number of likely N-dealkylation sites (N-methyl/N-ethyl adjacent to an activating group) is 1. The molecular formula is C18H29N3O3. The van der Waals surface area contributed by atoms with Crippen molar-refractivity contribution in [2.45, 2.75) is 40.7 Å². The number of carbonyl (C=O) groups is 2. The van der Waals surface area contributed by atoms with E-state index in [1.165, 1.54) is 0 Å². The maximum absolute atomic E-state index is 12.4. The molecule has 24 heavy (non-hydrogen) atoms. The first kappa shape index (κ1) is 19.8. The normalized spacial score (nSPS) is 11.8. The highest BCUT2D eigenvalue weighted by Crippen LogP contribution is 2.17. The zero-order chi connectivity index (χ0) is 18.1. The van der Waals surface area contributed by atoms with Crippen LogP contribution in [0, 0.1) is 5.92 Å². The lowest BCUT2D eigenvalue weighted by Gasteiger charge is -2.30. The molecular weight excluding hydrogens is 306 g/mol. The van der Waals surface area contributed by atoms with E-state index in [4.69, 9.17) is 4.74 Å². The number of anilines is 1. The monoisotopic (exact) mass is 335 g/mol. The van der Waals surface area contributed by atoms with Crippen LogP contribution in [0.25, 0.3) is 0 Å². The molecule has 0 fully saturated rings. The lowest BCUT2D eigenvalue weighted by atomic mass is 10.1. The van der Waals surface area contributed by atoms with Gasteiger partial charge in [-0.3, -0.25) is 4.79 Å². The van der Waals surface area contributed by atoms with E-state index in [1.54, 1.807) is 24.3 Å². The predicted molar refractivity (Wildman–Crippen MR) is 96.3 cm³/mol. The minimum absolute atomic E-state index is 0.0188. The summed E-state index contributed by atoms with van der Waals surface area (Å²) in [6, 6.07) is 7.04. The topological polar surface area (TPSA) is 70.7 Å². The number of nitrogens with zero attached hydrogens (tertiary/aromatic N) is 1. The summed E-state index contributed by atoms with van der Waals surface area (Å²) in [5, 5.41) is 5.56. The Morgan fingerprint density at radius 1 is 1.12 bits per heavy atom. The Balaban J connectivity index is 2.59. The molecule has 0 aliphatic heterocycles. The van der Waals surface area contributed by atoms with Crippen molar-refractivity contribution in [3.05, 3.63) is 24.3 Å². The number of hydrogen-bond donors (Lipinski definition) is 2. The van der Waals surface area contributed by atoms with Gasteiger partial charge in [-0.05, 0) is 51.0 Å². The van der Waals surface area contributed by atoms with Gasteiger partial charge in [-0.25, -0.2) is 4.79 Å². The van der Waals surface area contributed by atoms with Gasteiger partial charge in [-0.15, -0.1) is 0 Å². The molecule has 0 unspecified atom stereocenters. The van der Waals surface area contributed by atoms with Crippen molar-refractivity contribution in [2.24, 2.45) is 5.92 Å². The number of urea groups is 1. The number of carbonyl (C=O) groups excluding carboxylic acids is 2. The third-order valence-electron chi connectivity index (χ3n) is 3.91. The van der Waals surface area contributed by atoms with Crippen LogP contribution in [-0.4, -0.2) is 42.6 Å². The Morgan fingerprint density at radius 2 is 1.75 bits per heavy atom. The third-order valence-corrected chi connectivity index (χ3v) is 3.91. The summed E-state index contributed by atoms with van der Waals surface area (Å²) >= 11 is 0. The number of hydrogen-bond acceptors (Lipinski definition) is 3. The smallest absolute Gasteiger partial charge is 0.322 e. The van der Waals surface area contributed by atoms with E-state index in [-0.39, 0.29) is 24.6 Å². The lowest BCUT2D eigenvalue weighted by Crippen LogP contribution is -2.43. The molecule has 1 rings (SSSR count). The van der Waals surface area contributed by atoms with Crippen molar-refractivity contribution in [3.8, 4) is 5.75 Å². The van der Waals surface area contributed by atoms with Gasteiger partial charge in [-0.1, -0.05) is 13.8 Å². The van der Waals surface area contributed by atoms with Gasteiger partial charge < -0.3 is 20.3 Å². The molecule has 0 saturated heterocycles. The predicted octanol–water partition coefficient (Wildman–Crippen LogP) is 3.10. The molecule has 134 valence electrons.